The number of nitrogens with zero attached hydrogens (tertiary/aromatic N) is 1. The van der Waals surface area contributed by atoms with Gasteiger partial charge in [0.25, 0.3) is 0 Å². The molecule has 0 aliphatic rings. The van der Waals surface area contributed by atoms with Gasteiger partial charge in [0, 0.05) is 33.3 Å². The largest absolute Gasteiger partial charge is 0.455 e. The Kier molecular flexibility index (Phi) is 8.55. The van der Waals surface area contributed by atoms with Crippen LogP contribution in [0.5, 0.6) is 0 Å². The van der Waals surface area contributed by atoms with Crippen molar-refractivity contribution in [3.05, 3.63) is 224 Å². The van der Waals surface area contributed by atoms with E-state index in [-0.39, 0.29) is 0 Å². The fourth-order valence-electron chi connectivity index (χ4n) is 8.09. The molecule has 0 spiro atoms. The van der Waals surface area contributed by atoms with Crippen LogP contribution in [-0.2, 0) is 0 Å². The van der Waals surface area contributed by atoms with Crippen LogP contribution < -0.4 is 4.90 Å². The van der Waals surface area contributed by atoms with E-state index in [1.807, 2.05) is 12.1 Å². The topological polar surface area (TPSA) is 16.4 Å². The van der Waals surface area contributed by atoms with E-state index in [4.69, 9.17) is 4.42 Å². The summed E-state index contributed by atoms with van der Waals surface area (Å²) in [5.74, 6) is 0. The highest BCUT2D eigenvalue weighted by molar-refractivity contribution is 6.09. The van der Waals surface area contributed by atoms with Gasteiger partial charge in [-0.15, -0.1) is 0 Å². The molecule has 0 unspecified atom stereocenters. The van der Waals surface area contributed by atoms with Crippen LogP contribution in [0.15, 0.2) is 229 Å². The maximum absolute atomic E-state index is 6.50. The average Bonchev–Trinajstić information content (AvgIpc) is 3.67. The van der Waals surface area contributed by atoms with E-state index in [2.05, 4.69) is 217 Å². The van der Waals surface area contributed by atoms with Gasteiger partial charge in [-0.1, -0.05) is 182 Å². The molecule has 264 valence electrons. The van der Waals surface area contributed by atoms with E-state index in [1.165, 1.54) is 33.4 Å². The molecule has 56 heavy (non-hydrogen) atoms. The van der Waals surface area contributed by atoms with Crippen molar-refractivity contribution < 1.29 is 4.42 Å². The summed E-state index contributed by atoms with van der Waals surface area (Å²) in [6.45, 7) is 0. The molecule has 0 atom stereocenters. The summed E-state index contributed by atoms with van der Waals surface area (Å²) >= 11 is 0. The Hall–Kier alpha value is -7.42. The lowest BCUT2D eigenvalue weighted by Crippen LogP contribution is -2.11. The zero-order chi connectivity index (χ0) is 37.3. The summed E-state index contributed by atoms with van der Waals surface area (Å²) in [5.41, 5.74) is 16.6. The van der Waals surface area contributed by atoms with Gasteiger partial charge < -0.3 is 9.32 Å². The fourth-order valence-corrected chi connectivity index (χ4v) is 8.09. The summed E-state index contributed by atoms with van der Waals surface area (Å²) in [6.07, 6.45) is 0. The second kappa shape index (κ2) is 14.4. The van der Waals surface area contributed by atoms with E-state index < -0.39 is 0 Å². The molecule has 10 rings (SSSR count). The molecule has 1 aromatic heterocycles. The minimum atomic E-state index is 0.898. The standard InChI is InChI=1S/C54H37NO/c1-4-18-38(19-5-1)40-34-35-47(51(37-40)39-20-6-2-7-21-39)45-26-10-11-27-46(45)48-28-12-14-32-52(48)55(42-23-8-3-9-24-42)43-25-16-22-41(36-43)44-30-17-31-50-49-29-13-15-33-53(49)56-54(44)50/h1-37H. The highest BCUT2D eigenvalue weighted by atomic mass is 16.3. The number of rotatable bonds is 8. The van der Waals surface area contributed by atoms with Crippen LogP contribution in [0.4, 0.5) is 17.1 Å². The number of anilines is 3. The summed E-state index contributed by atoms with van der Waals surface area (Å²) in [7, 11) is 0. The van der Waals surface area contributed by atoms with Crippen LogP contribution in [0.25, 0.3) is 77.6 Å². The van der Waals surface area contributed by atoms with Crippen LogP contribution >= 0.6 is 0 Å². The normalized spacial score (nSPS) is 11.2. The zero-order valence-corrected chi connectivity index (χ0v) is 30.7. The molecular weight excluding hydrogens is 679 g/mol. The van der Waals surface area contributed by atoms with Gasteiger partial charge in [0.05, 0.1) is 5.69 Å². The van der Waals surface area contributed by atoms with Crippen LogP contribution in [0, 0.1) is 0 Å². The number of hydrogen-bond acceptors (Lipinski definition) is 2. The molecule has 0 bridgehead atoms. The van der Waals surface area contributed by atoms with Gasteiger partial charge in [0.2, 0.25) is 0 Å². The fraction of sp³-hybridized carbons (Fsp3) is 0. The Morgan fingerprint density at radius 2 is 0.821 bits per heavy atom. The summed E-state index contributed by atoms with van der Waals surface area (Å²) in [5, 5.41) is 2.25. The SMILES string of the molecule is c1ccc(-c2ccc(-c3ccccc3-c3ccccc3N(c3ccccc3)c3cccc(-c4cccc5c4oc4ccccc45)c3)c(-c3ccccc3)c2)cc1. The number of furan rings is 1. The van der Waals surface area contributed by atoms with Gasteiger partial charge >= 0.3 is 0 Å². The van der Waals surface area contributed by atoms with Gasteiger partial charge in [-0.2, -0.15) is 0 Å². The smallest absolute Gasteiger partial charge is 0.143 e. The van der Waals surface area contributed by atoms with Gasteiger partial charge in [0.15, 0.2) is 0 Å². The van der Waals surface area contributed by atoms with Crippen LogP contribution in [0.1, 0.15) is 0 Å². The van der Waals surface area contributed by atoms with Gasteiger partial charge in [-0.05, 0) is 87.0 Å². The molecule has 0 saturated carbocycles. The number of para-hydroxylation sites is 4. The quantitative estimate of drug-likeness (QED) is 0.156. The Morgan fingerprint density at radius 3 is 1.61 bits per heavy atom. The first-order valence-electron chi connectivity index (χ1n) is 19.1. The molecule has 0 aliphatic heterocycles. The number of hydrogen-bond donors (Lipinski definition) is 0. The van der Waals surface area contributed by atoms with Crippen molar-refractivity contribution in [1.29, 1.82) is 0 Å². The van der Waals surface area contributed by atoms with Gasteiger partial charge in [-0.3, -0.25) is 0 Å². The Labute approximate surface area is 327 Å². The molecule has 9 aromatic carbocycles. The molecule has 0 aliphatic carbocycles. The number of benzene rings is 9. The maximum atomic E-state index is 6.50. The molecule has 0 N–H and O–H groups in total. The minimum absolute atomic E-state index is 0.898. The van der Waals surface area contributed by atoms with E-state index in [0.29, 0.717) is 0 Å². The Bertz CT molecular complexity index is 2960. The number of fused-ring (bicyclic) bond motifs is 3. The van der Waals surface area contributed by atoms with Crippen molar-refractivity contribution in [2.45, 2.75) is 0 Å². The van der Waals surface area contributed by atoms with E-state index in [0.717, 1.165) is 61.3 Å². The molecule has 0 amide bonds. The Balaban J connectivity index is 1.15. The third-order valence-corrected chi connectivity index (χ3v) is 10.7. The molecule has 0 saturated heterocycles. The average molecular weight is 716 g/mol. The first-order valence-corrected chi connectivity index (χ1v) is 19.1. The lowest BCUT2D eigenvalue weighted by molar-refractivity contribution is 0.670. The van der Waals surface area contributed by atoms with Gasteiger partial charge in [0.1, 0.15) is 11.2 Å². The molecule has 0 radical (unpaired) electrons. The van der Waals surface area contributed by atoms with E-state index in [1.54, 1.807) is 0 Å². The minimum Gasteiger partial charge on any atom is -0.455 e. The first-order chi connectivity index (χ1) is 27.8. The van der Waals surface area contributed by atoms with Crippen molar-refractivity contribution in [3.8, 4) is 55.6 Å². The molecule has 2 heteroatoms. The molecular formula is C54H37NO. The molecule has 1 heterocycles. The highest BCUT2D eigenvalue weighted by Crippen LogP contribution is 2.46. The zero-order valence-electron chi connectivity index (χ0n) is 30.7. The lowest BCUT2D eigenvalue weighted by Gasteiger charge is -2.29. The summed E-state index contributed by atoms with van der Waals surface area (Å²) < 4.78 is 6.50. The second-order valence-corrected chi connectivity index (χ2v) is 14.1. The van der Waals surface area contributed by atoms with Crippen molar-refractivity contribution in [3.63, 3.8) is 0 Å². The molecule has 2 nitrogen and oxygen atoms in total. The lowest BCUT2D eigenvalue weighted by atomic mass is 9.87. The summed E-state index contributed by atoms with van der Waals surface area (Å²) in [6, 6.07) is 80.1. The summed E-state index contributed by atoms with van der Waals surface area (Å²) in [4.78, 5) is 2.38. The predicted octanol–water partition coefficient (Wildman–Crippen LogP) is 15.4. The van der Waals surface area contributed by atoms with Crippen LogP contribution in [-0.4, -0.2) is 0 Å². The highest BCUT2D eigenvalue weighted by Gasteiger charge is 2.21. The maximum Gasteiger partial charge on any atom is 0.143 e. The third kappa shape index (κ3) is 6.04. The third-order valence-electron chi connectivity index (χ3n) is 10.7. The Morgan fingerprint density at radius 1 is 0.286 bits per heavy atom. The van der Waals surface area contributed by atoms with Crippen molar-refractivity contribution in [2.24, 2.45) is 0 Å². The van der Waals surface area contributed by atoms with Crippen molar-refractivity contribution in [2.75, 3.05) is 4.90 Å². The molecule has 0 fully saturated rings. The van der Waals surface area contributed by atoms with Crippen molar-refractivity contribution in [1.82, 2.24) is 0 Å². The van der Waals surface area contributed by atoms with E-state index in [9.17, 15) is 0 Å². The first kappa shape index (κ1) is 33.2. The van der Waals surface area contributed by atoms with Crippen molar-refractivity contribution >= 4 is 39.0 Å². The van der Waals surface area contributed by atoms with Crippen LogP contribution in [0.3, 0.4) is 0 Å². The monoisotopic (exact) mass is 715 g/mol. The molecule has 10 aromatic rings. The van der Waals surface area contributed by atoms with E-state index >= 15 is 0 Å². The van der Waals surface area contributed by atoms with Gasteiger partial charge in [-0.25, -0.2) is 0 Å². The van der Waals surface area contributed by atoms with Crippen LogP contribution in [0.2, 0.25) is 0 Å². The predicted molar refractivity (Wildman–Crippen MR) is 236 cm³/mol. The second-order valence-electron chi connectivity index (χ2n) is 14.1.